The summed E-state index contributed by atoms with van der Waals surface area (Å²) in [5, 5.41) is 23.5. The van der Waals surface area contributed by atoms with Gasteiger partial charge in [-0.3, -0.25) is 0 Å². The van der Waals surface area contributed by atoms with Crippen molar-refractivity contribution in [3.8, 4) is 0 Å². The van der Waals surface area contributed by atoms with E-state index in [0.29, 0.717) is 13.2 Å². The van der Waals surface area contributed by atoms with Gasteiger partial charge >= 0.3 is 0 Å². The third-order valence-corrected chi connectivity index (χ3v) is 7.40. The average molecular weight is 555 g/mol. The van der Waals surface area contributed by atoms with Crippen molar-refractivity contribution in [2.45, 2.75) is 62.9 Å². The van der Waals surface area contributed by atoms with Gasteiger partial charge in [0.05, 0.1) is 39.1 Å². The Kier molecular flexibility index (Phi) is 10.3. The Labute approximate surface area is 242 Å². The fourth-order valence-corrected chi connectivity index (χ4v) is 5.28. The van der Waals surface area contributed by atoms with Crippen LogP contribution in [0.5, 0.6) is 0 Å². The number of benzene rings is 4. The van der Waals surface area contributed by atoms with E-state index in [9.17, 15) is 10.2 Å². The van der Waals surface area contributed by atoms with Gasteiger partial charge in [-0.1, -0.05) is 121 Å². The molecule has 41 heavy (non-hydrogen) atoms. The lowest BCUT2D eigenvalue weighted by atomic mass is 9.77. The normalized spacial score (nSPS) is 24.2. The van der Waals surface area contributed by atoms with Crippen LogP contribution in [0.1, 0.15) is 28.7 Å². The molecule has 5 rings (SSSR count). The van der Waals surface area contributed by atoms with Crippen molar-refractivity contribution in [1.82, 2.24) is 0 Å². The minimum atomic E-state index is -1.52. The molecule has 1 saturated carbocycles. The third kappa shape index (κ3) is 8.11. The van der Waals surface area contributed by atoms with Crippen LogP contribution in [0.2, 0.25) is 0 Å². The third-order valence-electron chi connectivity index (χ3n) is 7.40. The van der Waals surface area contributed by atoms with E-state index < -0.39 is 30.0 Å². The van der Waals surface area contributed by atoms with Crippen LogP contribution in [0.3, 0.4) is 0 Å². The fourth-order valence-electron chi connectivity index (χ4n) is 5.28. The molecule has 1 aliphatic carbocycles. The number of aliphatic hydroxyl groups is 2. The van der Waals surface area contributed by atoms with Crippen molar-refractivity contribution < 1.29 is 29.2 Å². The highest BCUT2D eigenvalue weighted by Crippen LogP contribution is 2.37. The van der Waals surface area contributed by atoms with Crippen LogP contribution >= 0.6 is 0 Å². The lowest BCUT2D eigenvalue weighted by molar-refractivity contribution is -0.272. The quantitative estimate of drug-likeness (QED) is 0.229. The van der Waals surface area contributed by atoms with E-state index in [0.717, 1.165) is 22.3 Å². The Hall–Kier alpha value is -3.36. The molecule has 214 valence electrons. The second-order valence-electron chi connectivity index (χ2n) is 10.6. The van der Waals surface area contributed by atoms with Crippen LogP contribution in [0.4, 0.5) is 0 Å². The second-order valence-corrected chi connectivity index (χ2v) is 10.6. The molecule has 4 aromatic rings. The van der Waals surface area contributed by atoms with Crippen molar-refractivity contribution in [2.24, 2.45) is 0 Å². The van der Waals surface area contributed by atoms with Crippen LogP contribution in [-0.2, 0) is 45.4 Å². The molecule has 0 aromatic heterocycles. The van der Waals surface area contributed by atoms with E-state index >= 15 is 0 Å². The highest BCUT2D eigenvalue weighted by Gasteiger charge is 2.55. The molecule has 0 bridgehead atoms. The molecule has 6 heteroatoms. The number of rotatable bonds is 13. The summed E-state index contributed by atoms with van der Waals surface area (Å²) in [5.41, 5.74) is 2.40. The standard InChI is InChI=1S/C35H38O6/c36-31-21-35(37,26-38-22-27-13-5-1-6-14-27)34(41-25-30-19-11-4-12-20-30)33(40-24-29-17-9-3-10-18-29)32(31)39-23-28-15-7-2-8-16-28/h1-20,31-34,36-37H,21-26H2/t31-,32-,33+,34-,35-/m0/s1. The molecule has 0 amide bonds. The van der Waals surface area contributed by atoms with E-state index in [4.69, 9.17) is 18.9 Å². The molecular weight excluding hydrogens is 516 g/mol. The van der Waals surface area contributed by atoms with Gasteiger partial charge in [-0.25, -0.2) is 0 Å². The molecule has 0 heterocycles. The van der Waals surface area contributed by atoms with Gasteiger partial charge in [-0.05, 0) is 22.3 Å². The summed E-state index contributed by atoms with van der Waals surface area (Å²) in [7, 11) is 0. The maximum absolute atomic E-state index is 12.1. The molecule has 0 radical (unpaired) electrons. The molecule has 5 atom stereocenters. The number of aliphatic hydroxyl groups excluding tert-OH is 1. The molecule has 0 aliphatic heterocycles. The summed E-state index contributed by atoms with van der Waals surface area (Å²) in [6.07, 6.45) is -3.30. The monoisotopic (exact) mass is 554 g/mol. The molecule has 0 saturated heterocycles. The zero-order chi connectivity index (χ0) is 28.3. The summed E-state index contributed by atoms with van der Waals surface area (Å²) in [5.74, 6) is 0. The molecule has 1 aliphatic rings. The molecule has 6 nitrogen and oxygen atoms in total. The Morgan fingerprint density at radius 2 is 0.927 bits per heavy atom. The van der Waals surface area contributed by atoms with Crippen LogP contribution < -0.4 is 0 Å². The van der Waals surface area contributed by atoms with Gasteiger partial charge < -0.3 is 29.2 Å². The Balaban J connectivity index is 1.40. The maximum Gasteiger partial charge on any atom is 0.119 e. The zero-order valence-electron chi connectivity index (χ0n) is 23.1. The van der Waals surface area contributed by atoms with Crippen LogP contribution in [0, 0.1) is 0 Å². The van der Waals surface area contributed by atoms with Crippen LogP contribution in [-0.4, -0.2) is 46.8 Å². The van der Waals surface area contributed by atoms with Crippen molar-refractivity contribution in [1.29, 1.82) is 0 Å². The smallest absolute Gasteiger partial charge is 0.119 e. The maximum atomic E-state index is 12.1. The van der Waals surface area contributed by atoms with Gasteiger partial charge in [0.1, 0.15) is 23.9 Å². The summed E-state index contributed by atoms with van der Waals surface area (Å²) in [4.78, 5) is 0. The van der Waals surface area contributed by atoms with Crippen molar-refractivity contribution in [2.75, 3.05) is 6.61 Å². The molecule has 1 fully saturated rings. The first-order valence-electron chi connectivity index (χ1n) is 14.1. The second kappa shape index (κ2) is 14.5. The highest BCUT2D eigenvalue weighted by atomic mass is 16.6. The van der Waals surface area contributed by atoms with E-state index in [1.54, 1.807) is 0 Å². The first kappa shape index (κ1) is 29.1. The summed E-state index contributed by atoms with van der Waals surface area (Å²) < 4.78 is 25.3. The van der Waals surface area contributed by atoms with E-state index in [1.807, 2.05) is 121 Å². The minimum absolute atomic E-state index is 0.0197. The summed E-state index contributed by atoms with van der Waals surface area (Å²) >= 11 is 0. The van der Waals surface area contributed by atoms with Gasteiger partial charge in [-0.2, -0.15) is 0 Å². The lowest BCUT2D eigenvalue weighted by Crippen LogP contribution is -2.66. The van der Waals surface area contributed by atoms with E-state index in [1.165, 1.54) is 0 Å². The average Bonchev–Trinajstić information content (AvgIpc) is 3.01. The van der Waals surface area contributed by atoms with Crippen LogP contribution in [0.15, 0.2) is 121 Å². The minimum Gasteiger partial charge on any atom is -0.390 e. The number of ether oxygens (including phenoxy) is 4. The summed E-state index contributed by atoms with van der Waals surface area (Å²) in [6, 6.07) is 39.2. The van der Waals surface area contributed by atoms with Crippen molar-refractivity contribution >= 4 is 0 Å². The van der Waals surface area contributed by atoms with Gasteiger partial charge in [0.15, 0.2) is 0 Å². The van der Waals surface area contributed by atoms with Gasteiger partial charge in [0.25, 0.3) is 0 Å². The molecule has 4 aromatic carbocycles. The van der Waals surface area contributed by atoms with Gasteiger partial charge in [-0.15, -0.1) is 0 Å². The SMILES string of the molecule is O[C@H]1C[C@](O)(COCc2ccccc2)[C@@H](OCc2ccccc2)[C@H](OCc2ccccc2)[C@H]1OCc1ccccc1. The topological polar surface area (TPSA) is 77.4 Å². The Morgan fingerprint density at radius 3 is 1.39 bits per heavy atom. The van der Waals surface area contributed by atoms with E-state index in [2.05, 4.69) is 0 Å². The predicted octanol–water partition coefficient (Wildman–Crippen LogP) is 5.46. The van der Waals surface area contributed by atoms with Crippen LogP contribution in [0.25, 0.3) is 0 Å². The Bertz CT molecular complexity index is 1290. The largest absolute Gasteiger partial charge is 0.390 e. The first-order chi connectivity index (χ1) is 20.1. The fraction of sp³-hybridized carbons (Fsp3) is 0.314. The molecule has 2 N–H and O–H groups in total. The zero-order valence-corrected chi connectivity index (χ0v) is 23.1. The molecule has 0 unspecified atom stereocenters. The predicted molar refractivity (Wildman–Crippen MR) is 157 cm³/mol. The molecular formula is C35H38O6. The van der Waals surface area contributed by atoms with Crippen molar-refractivity contribution in [3.63, 3.8) is 0 Å². The van der Waals surface area contributed by atoms with Crippen molar-refractivity contribution in [3.05, 3.63) is 144 Å². The van der Waals surface area contributed by atoms with Gasteiger partial charge in [0.2, 0.25) is 0 Å². The lowest BCUT2D eigenvalue weighted by Gasteiger charge is -2.49. The first-order valence-corrected chi connectivity index (χ1v) is 14.1. The number of hydrogen-bond donors (Lipinski definition) is 2. The molecule has 0 spiro atoms. The number of hydrogen-bond acceptors (Lipinski definition) is 6. The van der Waals surface area contributed by atoms with Gasteiger partial charge in [0, 0.05) is 6.42 Å². The highest BCUT2D eigenvalue weighted by molar-refractivity contribution is 5.17. The van der Waals surface area contributed by atoms with E-state index in [-0.39, 0.29) is 26.2 Å². The summed E-state index contributed by atoms with van der Waals surface area (Å²) in [6.45, 7) is 1.13. The Morgan fingerprint density at radius 1 is 0.537 bits per heavy atom.